The van der Waals surface area contributed by atoms with E-state index in [2.05, 4.69) is 15.9 Å². The molecule has 0 aliphatic carbocycles. The second kappa shape index (κ2) is 4.91. The van der Waals surface area contributed by atoms with E-state index in [1.165, 1.54) is 12.1 Å². The first-order valence-corrected chi connectivity index (χ1v) is 6.08. The zero-order chi connectivity index (χ0) is 13.3. The molecule has 18 heavy (non-hydrogen) atoms. The van der Waals surface area contributed by atoms with Crippen LogP contribution in [0, 0.1) is 10.1 Å². The monoisotopic (exact) mass is 310 g/mol. The number of hydrogen-bond acceptors (Lipinski definition) is 4. The van der Waals surface area contributed by atoms with Crippen LogP contribution in [0.5, 0.6) is 0 Å². The number of nitro benzene ring substituents is 1. The first-order valence-electron chi connectivity index (χ1n) is 5.28. The lowest BCUT2D eigenvalue weighted by Gasteiger charge is -2.02. The summed E-state index contributed by atoms with van der Waals surface area (Å²) >= 11 is 3.35. The Hall–Kier alpha value is -1.66. The predicted molar refractivity (Wildman–Crippen MR) is 71.1 cm³/mol. The summed E-state index contributed by atoms with van der Waals surface area (Å²) in [7, 11) is 0. The fourth-order valence-electron chi connectivity index (χ4n) is 1.56. The van der Waals surface area contributed by atoms with Crippen molar-refractivity contribution < 1.29 is 9.34 Å². The van der Waals surface area contributed by atoms with Gasteiger partial charge in [-0.15, -0.1) is 0 Å². The van der Waals surface area contributed by atoms with Gasteiger partial charge in [0.15, 0.2) is 0 Å². The number of benzene rings is 1. The van der Waals surface area contributed by atoms with Crippen molar-refractivity contribution in [2.75, 3.05) is 0 Å². The van der Waals surface area contributed by atoms with Gasteiger partial charge in [-0.3, -0.25) is 10.1 Å². The third-order valence-electron chi connectivity index (χ3n) is 2.50. The van der Waals surface area contributed by atoms with Gasteiger partial charge in [0.1, 0.15) is 11.5 Å². The number of hydrogen-bond donors (Lipinski definition) is 1. The van der Waals surface area contributed by atoms with Gasteiger partial charge >= 0.3 is 0 Å². The van der Waals surface area contributed by atoms with E-state index in [1.54, 1.807) is 18.2 Å². The van der Waals surface area contributed by atoms with Crippen LogP contribution in [0.15, 0.2) is 39.2 Å². The zero-order valence-corrected chi connectivity index (χ0v) is 11.2. The molecule has 1 atom stereocenters. The van der Waals surface area contributed by atoms with Crippen molar-refractivity contribution >= 4 is 21.6 Å². The summed E-state index contributed by atoms with van der Waals surface area (Å²) in [5, 5.41) is 10.7. The molecule has 0 amide bonds. The van der Waals surface area contributed by atoms with E-state index in [1.807, 2.05) is 6.92 Å². The molecule has 1 aromatic heterocycles. The van der Waals surface area contributed by atoms with E-state index in [0.717, 1.165) is 4.47 Å². The molecule has 2 aromatic rings. The Balaban J connectivity index is 2.48. The molecule has 1 unspecified atom stereocenters. The maximum Gasteiger partial charge on any atom is 0.270 e. The van der Waals surface area contributed by atoms with E-state index in [9.17, 15) is 10.1 Å². The minimum atomic E-state index is -0.439. The van der Waals surface area contributed by atoms with Crippen molar-refractivity contribution in [2.24, 2.45) is 5.73 Å². The number of furan rings is 1. The van der Waals surface area contributed by atoms with Crippen LogP contribution in [0.1, 0.15) is 18.7 Å². The Kier molecular flexibility index (Phi) is 3.49. The van der Waals surface area contributed by atoms with Gasteiger partial charge in [-0.1, -0.05) is 15.9 Å². The maximum absolute atomic E-state index is 10.7. The Morgan fingerprint density at radius 1 is 1.39 bits per heavy atom. The first kappa shape index (κ1) is 12.8. The maximum atomic E-state index is 10.7. The second-order valence-electron chi connectivity index (χ2n) is 3.91. The minimum absolute atomic E-state index is 0.0203. The highest BCUT2D eigenvalue weighted by atomic mass is 79.9. The van der Waals surface area contributed by atoms with Crippen molar-refractivity contribution in [2.45, 2.75) is 13.0 Å². The highest BCUT2D eigenvalue weighted by Gasteiger charge is 2.14. The van der Waals surface area contributed by atoms with Gasteiger partial charge in [0.05, 0.1) is 11.0 Å². The van der Waals surface area contributed by atoms with Crippen LogP contribution >= 0.6 is 15.9 Å². The van der Waals surface area contributed by atoms with Crippen molar-refractivity contribution in [3.05, 3.63) is 50.7 Å². The van der Waals surface area contributed by atoms with E-state index in [4.69, 9.17) is 10.2 Å². The second-order valence-corrected chi connectivity index (χ2v) is 4.77. The van der Waals surface area contributed by atoms with E-state index < -0.39 is 4.92 Å². The molecule has 0 bridgehead atoms. The summed E-state index contributed by atoms with van der Waals surface area (Å²) < 4.78 is 6.30. The summed E-state index contributed by atoms with van der Waals surface area (Å²) in [6, 6.07) is 7.84. The molecule has 2 rings (SSSR count). The number of nitrogens with two attached hydrogens (primary N) is 1. The molecule has 0 spiro atoms. The number of nitro groups is 1. The van der Waals surface area contributed by atoms with E-state index >= 15 is 0 Å². The van der Waals surface area contributed by atoms with E-state index in [0.29, 0.717) is 17.1 Å². The average Bonchev–Trinajstić information content (AvgIpc) is 2.78. The standard InChI is InChI=1S/C12H11BrN2O3/c1-7(14)11-4-5-12(18-11)9-6-8(15(16)17)2-3-10(9)13/h2-7H,14H2,1H3. The normalized spacial score (nSPS) is 12.4. The molecule has 0 aliphatic rings. The van der Waals surface area contributed by atoms with Gasteiger partial charge in [-0.05, 0) is 25.1 Å². The van der Waals surface area contributed by atoms with Crippen LogP contribution < -0.4 is 5.73 Å². The van der Waals surface area contributed by atoms with Gasteiger partial charge in [0.2, 0.25) is 0 Å². The minimum Gasteiger partial charge on any atom is -0.459 e. The van der Waals surface area contributed by atoms with Crippen LogP contribution in [0.25, 0.3) is 11.3 Å². The molecule has 1 heterocycles. The molecule has 2 N–H and O–H groups in total. The molecule has 94 valence electrons. The van der Waals surface area contributed by atoms with Crippen molar-refractivity contribution in [1.29, 1.82) is 0 Å². The molecule has 5 nitrogen and oxygen atoms in total. The van der Waals surface area contributed by atoms with Gasteiger partial charge in [0.25, 0.3) is 5.69 Å². The fourth-order valence-corrected chi connectivity index (χ4v) is 2.00. The Bertz CT molecular complexity index is 593. The topological polar surface area (TPSA) is 82.3 Å². The summed E-state index contributed by atoms with van der Waals surface area (Å²) in [5.74, 6) is 1.20. The molecule has 0 aliphatic heterocycles. The zero-order valence-electron chi connectivity index (χ0n) is 9.59. The molecule has 0 saturated heterocycles. The molecule has 0 fully saturated rings. The largest absolute Gasteiger partial charge is 0.459 e. The Morgan fingerprint density at radius 3 is 2.67 bits per heavy atom. The van der Waals surface area contributed by atoms with E-state index in [-0.39, 0.29) is 11.7 Å². The van der Waals surface area contributed by atoms with Gasteiger partial charge in [-0.2, -0.15) is 0 Å². The predicted octanol–water partition coefficient (Wildman–Crippen LogP) is 3.64. The number of rotatable bonds is 3. The van der Waals surface area contributed by atoms with Crippen molar-refractivity contribution in [3.8, 4) is 11.3 Å². The van der Waals surface area contributed by atoms with Crippen LogP contribution in [-0.2, 0) is 0 Å². The highest BCUT2D eigenvalue weighted by Crippen LogP contribution is 2.33. The molecule has 6 heteroatoms. The SMILES string of the molecule is CC(N)c1ccc(-c2cc([N+](=O)[O-])ccc2Br)o1. The third kappa shape index (κ3) is 2.44. The summed E-state index contributed by atoms with van der Waals surface area (Å²) in [5.41, 5.74) is 6.36. The molecule has 0 radical (unpaired) electrons. The highest BCUT2D eigenvalue weighted by molar-refractivity contribution is 9.10. The van der Waals surface area contributed by atoms with Crippen LogP contribution in [0.4, 0.5) is 5.69 Å². The molecule has 0 saturated carbocycles. The smallest absolute Gasteiger partial charge is 0.270 e. The van der Waals surface area contributed by atoms with Crippen molar-refractivity contribution in [1.82, 2.24) is 0 Å². The van der Waals surface area contributed by atoms with Crippen molar-refractivity contribution in [3.63, 3.8) is 0 Å². The summed E-state index contributed by atoms with van der Waals surface area (Å²) in [6.07, 6.45) is 0. The van der Waals surface area contributed by atoms with Crippen LogP contribution in [0.2, 0.25) is 0 Å². The molecular weight excluding hydrogens is 300 g/mol. The lowest BCUT2D eigenvalue weighted by atomic mass is 10.1. The van der Waals surface area contributed by atoms with Gasteiger partial charge < -0.3 is 10.2 Å². The number of halogens is 1. The van der Waals surface area contributed by atoms with Crippen LogP contribution in [0.3, 0.4) is 0 Å². The van der Waals surface area contributed by atoms with Crippen LogP contribution in [-0.4, -0.2) is 4.92 Å². The first-order chi connectivity index (χ1) is 8.49. The van der Waals surface area contributed by atoms with Gasteiger partial charge in [0, 0.05) is 22.2 Å². The number of nitrogens with zero attached hydrogens (tertiary/aromatic N) is 1. The molecule has 1 aromatic carbocycles. The lowest BCUT2D eigenvalue weighted by molar-refractivity contribution is -0.384. The quantitative estimate of drug-likeness (QED) is 0.693. The average molecular weight is 311 g/mol. The Labute approximate surface area is 112 Å². The summed E-state index contributed by atoms with van der Waals surface area (Å²) in [6.45, 7) is 1.81. The molecular formula is C12H11BrN2O3. The Morgan fingerprint density at radius 2 is 2.11 bits per heavy atom. The number of non-ortho nitro benzene ring substituents is 1. The summed E-state index contributed by atoms with van der Waals surface area (Å²) in [4.78, 5) is 10.3. The van der Waals surface area contributed by atoms with Gasteiger partial charge in [-0.25, -0.2) is 0 Å². The fraction of sp³-hybridized carbons (Fsp3) is 0.167. The third-order valence-corrected chi connectivity index (χ3v) is 3.19. The lowest BCUT2D eigenvalue weighted by Crippen LogP contribution is -2.02.